The summed E-state index contributed by atoms with van der Waals surface area (Å²) < 4.78 is 27.0. The van der Waals surface area contributed by atoms with Crippen molar-refractivity contribution < 1.29 is 8.42 Å². The smallest absolute Gasteiger partial charge is 0.244 e. The average molecular weight is 317 g/mol. The summed E-state index contributed by atoms with van der Waals surface area (Å²) in [7, 11) is -3.53. The number of hydrogen-bond donors (Lipinski definition) is 1. The molecule has 2 unspecified atom stereocenters. The molecule has 4 nitrogen and oxygen atoms in total. The van der Waals surface area contributed by atoms with Gasteiger partial charge in [-0.05, 0) is 43.4 Å². The molecule has 112 valence electrons. The van der Waals surface area contributed by atoms with Crippen molar-refractivity contribution in [2.75, 3.05) is 6.54 Å². The first-order valence-corrected chi connectivity index (χ1v) is 8.68. The number of piperidine rings is 1. The molecule has 1 aliphatic rings. The van der Waals surface area contributed by atoms with Crippen molar-refractivity contribution in [3.05, 3.63) is 28.8 Å². The van der Waals surface area contributed by atoms with Crippen molar-refractivity contribution in [3.63, 3.8) is 0 Å². The molecule has 2 atom stereocenters. The highest BCUT2D eigenvalue weighted by atomic mass is 35.5. The van der Waals surface area contributed by atoms with Gasteiger partial charge in [-0.2, -0.15) is 4.31 Å². The third-order valence-electron chi connectivity index (χ3n) is 3.90. The highest BCUT2D eigenvalue weighted by Crippen LogP contribution is 2.31. The van der Waals surface area contributed by atoms with Gasteiger partial charge in [0.05, 0.1) is 5.02 Å². The molecule has 0 saturated carbocycles. The maximum Gasteiger partial charge on any atom is 0.244 e. The lowest BCUT2D eigenvalue weighted by molar-refractivity contribution is 0.220. The van der Waals surface area contributed by atoms with Crippen molar-refractivity contribution in [1.82, 2.24) is 4.31 Å². The number of nitrogens with zero attached hydrogens (tertiary/aromatic N) is 1. The zero-order valence-corrected chi connectivity index (χ0v) is 13.4. The Morgan fingerprint density at radius 2 is 2.10 bits per heavy atom. The van der Waals surface area contributed by atoms with Gasteiger partial charge < -0.3 is 5.73 Å². The van der Waals surface area contributed by atoms with E-state index >= 15 is 0 Å². The van der Waals surface area contributed by atoms with E-state index in [0.29, 0.717) is 19.0 Å². The first kappa shape index (κ1) is 15.8. The van der Waals surface area contributed by atoms with Gasteiger partial charge in [0.1, 0.15) is 4.90 Å². The molecule has 1 saturated heterocycles. The minimum absolute atomic E-state index is 0.00833. The Balaban J connectivity index is 2.35. The third kappa shape index (κ3) is 3.01. The molecule has 1 aromatic rings. The maximum absolute atomic E-state index is 12.7. The zero-order valence-electron chi connectivity index (χ0n) is 11.8. The monoisotopic (exact) mass is 316 g/mol. The largest absolute Gasteiger partial charge is 0.326 e. The fourth-order valence-electron chi connectivity index (χ4n) is 2.75. The fourth-order valence-corrected chi connectivity index (χ4v) is 4.95. The molecule has 0 bridgehead atoms. The van der Waals surface area contributed by atoms with Crippen molar-refractivity contribution in [2.45, 2.75) is 44.2 Å². The van der Waals surface area contributed by atoms with Crippen LogP contribution < -0.4 is 5.73 Å². The lowest BCUT2D eigenvalue weighted by Gasteiger charge is -2.35. The summed E-state index contributed by atoms with van der Waals surface area (Å²) in [6.45, 7) is 5.01. The van der Waals surface area contributed by atoms with Crippen LogP contribution in [0, 0.1) is 5.92 Å². The second kappa shape index (κ2) is 6.02. The van der Waals surface area contributed by atoms with Gasteiger partial charge in [-0.15, -0.1) is 0 Å². The average Bonchev–Trinajstić information content (AvgIpc) is 2.37. The van der Waals surface area contributed by atoms with Gasteiger partial charge in [0, 0.05) is 19.1 Å². The van der Waals surface area contributed by atoms with Crippen molar-refractivity contribution in [1.29, 1.82) is 0 Å². The second-order valence-electron chi connectivity index (χ2n) is 5.56. The van der Waals surface area contributed by atoms with Gasteiger partial charge in [0.15, 0.2) is 0 Å². The molecular formula is C14H21ClN2O2S. The van der Waals surface area contributed by atoms with Crippen molar-refractivity contribution in [3.8, 4) is 0 Å². The number of sulfonamides is 1. The SMILES string of the molecule is CC1CCN(S(=O)(=O)c2ccc(CN)cc2Cl)C(C)C1. The van der Waals surface area contributed by atoms with E-state index in [9.17, 15) is 8.42 Å². The van der Waals surface area contributed by atoms with E-state index in [2.05, 4.69) is 6.92 Å². The molecule has 2 rings (SSSR count). The predicted molar refractivity (Wildman–Crippen MR) is 81.1 cm³/mol. The van der Waals surface area contributed by atoms with E-state index in [0.717, 1.165) is 18.4 Å². The van der Waals surface area contributed by atoms with Crippen molar-refractivity contribution >= 4 is 21.6 Å². The quantitative estimate of drug-likeness (QED) is 0.932. The first-order chi connectivity index (χ1) is 9.36. The highest BCUT2D eigenvalue weighted by molar-refractivity contribution is 7.89. The fraction of sp³-hybridized carbons (Fsp3) is 0.571. The Labute approximate surface area is 126 Å². The number of halogens is 1. The Morgan fingerprint density at radius 3 is 2.65 bits per heavy atom. The molecule has 0 aliphatic carbocycles. The summed E-state index contributed by atoms with van der Waals surface area (Å²) in [5.41, 5.74) is 6.37. The van der Waals surface area contributed by atoms with Crippen LogP contribution in [0.4, 0.5) is 0 Å². The molecule has 0 amide bonds. The number of hydrogen-bond acceptors (Lipinski definition) is 3. The van der Waals surface area contributed by atoms with Crippen LogP contribution in [0.2, 0.25) is 5.02 Å². The molecule has 6 heteroatoms. The summed E-state index contributed by atoms with van der Waals surface area (Å²) >= 11 is 6.13. The van der Waals surface area contributed by atoms with E-state index in [4.69, 9.17) is 17.3 Å². The molecule has 0 spiro atoms. The van der Waals surface area contributed by atoms with E-state index in [-0.39, 0.29) is 16.0 Å². The Kier molecular flexibility index (Phi) is 4.74. The van der Waals surface area contributed by atoms with Gasteiger partial charge in [0.2, 0.25) is 10.0 Å². The van der Waals surface area contributed by atoms with Crippen LogP contribution in [0.3, 0.4) is 0 Å². The van der Waals surface area contributed by atoms with E-state index in [1.165, 1.54) is 0 Å². The van der Waals surface area contributed by atoms with Gasteiger partial charge in [0.25, 0.3) is 0 Å². The molecule has 1 heterocycles. The molecule has 1 aliphatic heterocycles. The van der Waals surface area contributed by atoms with E-state index in [1.807, 2.05) is 6.92 Å². The molecule has 0 radical (unpaired) electrons. The third-order valence-corrected chi connectivity index (χ3v) is 6.39. The van der Waals surface area contributed by atoms with Crippen molar-refractivity contribution in [2.24, 2.45) is 11.7 Å². The number of nitrogens with two attached hydrogens (primary N) is 1. The molecule has 2 N–H and O–H groups in total. The lowest BCUT2D eigenvalue weighted by atomic mass is 9.95. The first-order valence-electron chi connectivity index (χ1n) is 6.86. The van der Waals surface area contributed by atoms with Crippen LogP contribution in [0.15, 0.2) is 23.1 Å². The molecule has 1 fully saturated rings. The van der Waals surface area contributed by atoms with Crippen LogP contribution in [0.1, 0.15) is 32.3 Å². The Bertz CT molecular complexity index is 589. The number of benzene rings is 1. The van der Waals surface area contributed by atoms with E-state index < -0.39 is 10.0 Å². The van der Waals surface area contributed by atoms with Crippen LogP contribution in [-0.2, 0) is 16.6 Å². The topological polar surface area (TPSA) is 63.4 Å². The maximum atomic E-state index is 12.7. The second-order valence-corrected chi connectivity index (χ2v) is 7.83. The summed E-state index contributed by atoms with van der Waals surface area (Å²) in [5, 5.41) is 0.249. The van der Waals surface area contributed by atoms with Crippen LogP contribution in [0.25, 0.3) is 0 Å². The molecule has 1 aromatic carbocycles. The minimum atomic E-state index is -3.53. The predicted octanol–water partition coefficient (Wildman–Crippen LogP) is 2.61. The van der Waals surface area contributed by atoms with Gasteiger partial charge in [-0.3, -0.25) is 0 Å². The van der Waals surface area contributed by atoms with Gasteiger partial charge in [-0.1, -0.05) is 24.6 Å². The van der Waals surface area contributed by atoms with Crippen LogP contribution in [0.5, 0.6) is 0 Å². The normalized spacial score (nSPS) is 24.8. The summed E-state index contributed by atoms with van der Waals surface area (Å²) in [5.74, 6) is 0.562. The Morgan fingerprint density at radius 1 is 1.40 bits per heavy atom. The number of rotatable bonds is 3. The lowest BCUT2D eigenvalue weighted by Crippen LogP contribution is -2.44. The standard InChI is InChI=1S/C14H21ClN2O2S/c1-10-5-6-17(11(2)7-10)20(18,19)14-4-3-12(9-16)8-13(14)15/h3-4,8,10-11H,5-7,9,16H2,1-2H3. The molecule has 0 aromatic heterocycles. The molecule has 20 heavy (non-hydrogen) atoms. The Hall–Kier alpha value is -0.620. The van der Waals surface area contributed by atoms with Gasteiger partial charge >= 0.3 is 0 Å². The zero-order chi connectivity index (χ0) is 14.9. The van der Waals surface area contributed by atoms with Crippen LogP contribution >= 0.6 is 11.6 Å². The highest BCUT2D eigenvalue weighted by Gasteiger charge is 2.34. The van der Waals surface area contributed by atoms with E-state index in [1.54, 1.807) is 22.5 Å². The molecular weight excluding hydrogens is 296 g/mol. The van der Waals surface area contributed by atoms with Gasteiger partial charge in [-0.25, -0.2) is 8.42 Å². The minimum Gasteiger partial charge on any atom is -0.326 e. The van der Waals surface area contributed by atoms with Crippen LogP contribution in [-0.4, -0.2) is 25.3 Å². The summed E-state index contributed by atoms with van der Waals surface area (Å²) in [6, 6.07) is 4.92. The summed E-state index contributed by atoms with van der Waals surface area (Å²) in [6.07, 6.45) is 1.78. The summed E-state index contributed by atoms with van der Waals surface area (Å²) in [4.78, 5) is 0.178.